The number of aryl methyl sites for hydroxylation is 1. The fourth-order valence-electron chi connectivity index (χ4n) is 2.62. The molecule has 0 radical (unpaired) electrons. The molecule has 3 aromatic rings. The summed E-state index contributed by atoms with van der Waals surface area (Å²) in [5, 5.41) is 0.553. The number of nitrogens with zero attached hydrogens (tertiary/aromatic N) is 1. The van der Waals surface area contributed by atoms with E-state index in [2.05, 4.69) is 0 Å². The zero-order chi connectivity index (χ0) is 17.3. The van der Waals surface area contributed by atoms with E-state index in [9.17, 15) is 13.2 Å². The van der Waals surface area contributed by atoms with Crippen LogP contribution in [0.25, 0.3) is 10.9 Å². The van der Waals surface area contributed by atoms with Gasteiger partial charge in [-0.2, -0.15) is 0 Å². The van der Waals surface area contributed by atoms with Gasteiger partial charge in [0.15, 0.2) is 0 Å². The van der Waals surface area contributed by atoms with Crippen LogP contribution < -0.4 is 0 Å². The number of rotatable bonds is 4. The maximum atomic E-state index is 12.8. The Balaban J connectivity index is 2.10. The molecule has 0 aliphatic heterocycles. The van der Waals surface area contributed by atoms with Crippen molar-refractivity contribution >= 4 is 26.9 Å². The second kappa shape index (κ2) is 6.13. The van der Waals surface area contributed by atoms with Crippen molar-refractivity contribution in [2.75, 3.05) is 7.11 Å². The molecule has 0 atom stereocenters. The van der Waals surface area contributed by atoms with Crippen LogP contribution in [-0.4, -0.2) is 25.5 Å². The van der Waals surface area contributed by atoms with Crippen LogP contribution in [0.1, 0.15) is 21.5 Å². The molecule has 0 fully saturated rings. The minimum absolute atomic E-state index is 0.146. The van der Waals surface area contributed by atoms with E-state index in [4.69, 9.17) is 4.74 Å². The van der Waals surface area contributed by atoms with Crippen molar-refractivity contribution in [3.05, 3.63) is 71.4 Å². The number of aromatic nitrogens is 1. The van der Waals surface area contributed by atoms with Crippen LogP contribution in [0.15, 0.2) is 54.7 Å². The Bertz CT molecular complexity index is 1000. The summed E-state index contributed by atoms with van der Waals surface area (Å²) < 4.78 is 31.6. The lowest BCUT2D eigenvalue weighted by Gasteiger charge is -2.08. The number of benzene rings is 2. The molecule has 0 saturated heterocycles. The van der Waals surface area contributed by atoms with Crippen molar-refractivity contribution in [2.24, 2.45) is 0 Å². The van der Waals surface area contributed by atoms with Gasteiger partial charge < -0.3 is 4.74 Å². The Morgan fingerprint density at radius 2 is 1.75 bits per heavy atom. The molecule has 1 heterocycles. The Morgan fingerprint density at radius 1 is 1.08 bits per heavy atom. The summed E-state index contributed by atoms with van der Waals surface area (Å²) >= 11 is 0. The van der Waals surface area contributed by atoms with Gasteiger partial charge >= 0.3 is 5.97 Å². The van der Waals surface area contributed by atoms with Gasteiger partial charge in [-0.25, -0.2) is 17.2 Å². The number of methoxy groups -OCH3 is 1. The first-order valence-electron chi connectivity index (χ1n) is 7.39. The van der Waals surface area contributed by atoms with E-state index >= 15 is 0 Å². The number of hydrogen-bond donors (Lipinski definition) is 0. The predicted molar refractivity (Wildman–Crippen MR) is 92.5 cm³/mol. The topological polar surface area (TPSA) is 65.4 Å². The molecule has 24 heavy (non-hydrogen) atoms. The molecule has 0 aliphatic rings. The second-order valence-electron chi connectivity index (χ2n) is 5.59. The molecule has 0 spiro atoms. The third-order valence-corrected chi connectivity index (χ3v) is 5.45. The highest BCUT2D eigenvalue weighted by molar-refractivity contribution is 7.89. The smallest absolute Gasteiger partial charge is 0.340 e. The van der Waals surface area contributed by atoms with Gasteiger partial charge in [-0.15, -0.1) is 0 Å². The van der Waals surface area contributed by atoms with Crippen LogP contribution in [0.3, 0.4) is 0 Å². The van der Waals surface area contributed by atoms with Crippen LogP contribution in [-0.2, 0) is 20.5 Å². The normalized spacial score (nSPS) is 11.6. The van der Waals surface area contributed by atoms with E-state index in [0.29, 0.717) is 16.5 Å². The SMILES string of the molecule is COC(=O)c1cn(S(=O)(=O)Cc2ccc(C)cc2)c2ccccc12. The summed E-state index contributed by atoms with van der Waals surface area (Å²) in [7, 11) is -2.39. The number of para-hydroxylation sites is 1. The average molecular weight is 343 g/mol. The number of hydrogen-bond acceptors (Lipinski definition) is 4. The van der Waals surface area contributed by atoms with Crippen molar-refractivity contribution in [3.63, 3.8) is 0 Å². The van der Waals surface area contributed by atoms with E-state index in [1.54, 1.807) is 36.4 Å². The van der Waals surface area contributed by atoms with Gasteiger partial charge in [0.1, 0.15) is 0 Å². The first kappa shape index (κ1) is 16.3. The van der Waals surface area contributed by atoms with Crippen molar-refractivity contribution in [3.8, 4) is 0 Å². The third kappa shape index (κ3) is 2.92. The molecule has 5 nitrogen and oxygen atoms in total. The fourth-order valence-corrected chi connectivity index (χ4v) is 4.09. The Hall–Kier alpha value is -2.60. The van der Waals surface area contributed by atoms with E-state index in [0.717, 1.165) is 9.54 Å². The van der Waals surface area contributed by atoms with Gasteiger partial charge in [0, 0.05) is 11.6 Å². The van der Waals surface area contributed by atoms with Gasteiger partial charge in [0.2, 0.25) is 10.0 Å². The highest BCUT2D eigenvalue weighted by Crippen LogP contribution is 2.25. The average Bonchev–Trinajstić information content (AvgIpc) is 2.97. The molecule has 0 amide bonds. The predicted octanol–water partition coefficient (Wildman–Crippen LogP) is 3.11. The van der Waals surface area contributed by atoms with Crippen LogP contribution in [0.2, 0.25) is 0 Å². The number of carbonyl (C=O) groups excluding carboxylic acids is 1. The summed E-state index contributed by atoms with van der Waals surface area (Å²) in [4.78, 5) is 11.9. The number of esters is 1. The van der Waals surface area contributed by atoms with Crippen molar-refractivity contribution < 1.29 is 17.9 Å². The van der Waals surface area contributed by atoms with Gasteiger partial charge in [-0.1, -0.05) is 48.0 Å². The third-order valence-electron chi connectivity index (χ3n) is 3.85. The maximum Gasteiger partial charge on any atom is 0.340 e. The lowest BCUT2D eigenvalue weighted by Crippen LogP contribution is -2.14. The Labute approximate surface area is 140 Å². The molecule has 3 rings (SSSR count). The van der Waals surface area contributed by atoms with E-state index < -0.39 is 16.0 Å². The fraction of sp³-hybridized carbons (Fsp3) is 0.167. The molecule has 0 aliphatic carbocycles. The highest BCUT2D eigenvalue weighted by Gasteiger charge is 2.22. The summed E-state index contributed by atoms with van der Waals surface area (Å²) in [5.41, 5.74) is 2.46. The molecule has 0 N–H and O–H groups in total. The molecule has 0 saturated carbocycles. The van der Waals surface area contributed by atoms with Crippen molar-refractivity contribution in [2.45, 2.75) is 12.7 Å². The van der Waals surface area contributed by atoms with Crippen LogP contribution in [0.5, 0.6) is 0 Å². The molecule has 0 bridgehead atoms. The molecular weight excluding hydrogens is 326 g/mol. The summed E-state index contributed by atoms with van der Waals surface area (Å²) in [6.07, 6.45) is 1.33. The maximum absolute atomic E-state index is 12.8. The van der Waals surface area contributed by atoms with Crippen molar-refractivity contribution in [1.29, 1.82) is 0 Å². The summed E-state index contributed by atoms with van der Waals surface area (Å²) in [6, 6.07) is 14.2. The van der Waals surface area contributed by atoms with Crippen LogP contribution in [0, 0.1) is 6.92 Å². The Morgan fingerprint density at radius 3 is 2.42 bits per heavy atom. The molecule has 0 unspecified atom stereocenters. The van der Waals surface area contributed by atoms with E-state index in [1.165, 1.54) is 13.3 Å². The van der Waals surface area contributed by atoms with E-state index in [-0.39, 0.29) is 11.3 Å². The first-order chi connectivity index (χ1) is 11.4. The minimum Gasteiger partial charge on any atom is -0.465 e. The van der Waals surface area contributed by atoms with Gasteiger partial charge in [0.25, 0.3) is 0 Å². The van der Waals surface area contributed by atoms with Crippen molar-refractivity contribution in [1.82, 2.24) is 3.97 Å². The lowest BCUT2D eigenvalue weighted by atomic mass is 10.2. The summed E-state index contributed by atoms with van der Waals surface area (Å²) in [6.45, 7) is 1.94. The zero-order valence-electron chi connectivity index (χ0n) is 13.4. The summed E-state index contributed by atoms with van der Waals surface area (Å²) in [5.74, 6) is -0.706. The number of ether oxygens (including phenoxy) is 1. The van der Waals surface area contributed by atoms with Gasteiger partial charge in [-0.3, -0.25) is 0 Å². The molecule has 124 valence electrons. The Kier molecular flexibility index (Phi) is 4.15. The monoisotopic (exact) mass is 343 g/mol. The lowest BCUT2D eigenvalue weighted by molar-refractivity contribution is 0.0603. The van der Waals surface area contributed by atoms with Gasteiger partial charge in [-0.05, 0) is 18.6 Å². The highest BCUT2D eigenvalue weighted by atomic mass is 32.2. The second-order valence-corrected chi connectivity index (χ2v) is 7.44. The number of carbonyl (C=O) groups is 1. The molecule has 6 heteroatoms. The minimum atomic E-state index is -3.66. The largest absolute Gasteiger partial charge is 0.465 e. The molecule has 2 aromatic carbocycles. The molecular formula is C18H17NO4S. The van der Waals surface area contributed by atoms with Gasteiger partial charge in [0.05, 0.1) is 23.9 Å². The van der Waals surface area contributed by atoms with E-state index in [1.807, 2.05) is 19.1 Å². The van der Waals surface area contributed by atoms with Crippen LogP contribution in [0.4, 0.5) is 0 Å². The molecule has 1 aromatic heterocycles. The standard InChI is InChI=1S/C18H17NO4S/c1-13-7-9-14(10-8-13)12-24(21,22)19-11-16(18(20)23-2)15-5-3-4-6-17(15)19/h3-11H,12H2,1-2H3. The first-order valence-corrected chi connectivity index (χ1v) is 9.00. The quantitative estimate of drug-likeness (QED) is 0.683. The van der Waals surface area contributed by atoms with Crippen LogP contribution >= 0.6 is 0 Å². The number of fused-ring (bicyclic) bond motifs is 1. The zero-order valence-corrected chi connectivity index (χ0v) is 14.2.